The van der Waals surface area contributed by atoms with Crippen LogP contribution in [0.25, 0.3) is 18.2 Å². The van der Waals surface area contributed by atoms with E-state index in [0.717, 1.165) is 101 Å². The van der Waals surface area contributed by atoms with E-state index in [1.807, 2.05) is 13.8 Å². The summed E-state index contributed by atoms with van der Waals surface area (Å²) in [6.45, 7) is 17.0. The minimum absolute atomic E-state index is 0.0262. The Morgan fingerprint density at radius 1 is 0.537 bits per heavy atom. The molecule has 2 aromatic rings. The number of aliphatic imine (C=N–C) groups is 1. The maximum atomic E-state index is 12.6. The van der Waals surface area contributed by atoms with Crippen LogP contribution in [-0.2, 0) is 35.3 Å². The number of nitrogens with one attached hydrogen (secondary N) is 3. The highest BCUT2D eigenvalue weighted by Crippen LogP contribution is 2.30. The number of amides is 2. The molecule has 4 rings (SSSR count). The van der Waals surface area contributed by atoms with Crippen molar-refractivity contribution >= 4 is 35.8 Å². The van der Waals surface area contributed by atoms with Gasteiger partial charge in [0.2, 0.25) is 0 Å². The zero-order valence-corrected chi connectivity index (χ0v) is 26.2. The molecule has 0 atom stereocenters. The second-order valence-corrected chi connectivity index (χ2v) is 10.7. The quantitative estimate of drug-likeness (QED) is 0.323. The number of nitrogens with zero attached hydrogens (tertiary/aromatic N) is 1. The van der Waals surface area contributed by atoms with E-state index in [9.17, 15) is 9.59 Å². The Kier molecular flexibility index (Phi) is 9.52. The molecule has 6 nitrogen and oxygen atoms in total. The molecule has 2 aromatic heterocycles. The summed E-state index contributed by atoms with van der Waals surface area (Å²) in [5.41, 5.74) is 12.9. The van der Waals surface area contributed by atoms with Gasteiger partial charge in [0.1, 0.15) is 0 Å². The molecule has 0 aromatic carbocycles. The maximum absolute atomic E-state index is 12.6. The summed E-state index contributed by atoms with van der Waals surface area (Å²) >= 11 is 0. The van der Waals surface area contributed by atoms with Crippen LogP contribution in [-0.4, -0.2) is 27.5 Å². The fourth-order valence-electron chi connectivity index (χ4n) is 6.66. The fourth-order valence-corrected chi connectivity index (χ4v) is 6.66. The van der Waals surface area contributed by atoms with Crippen molar-refractivity contribution < 1.29 is 9.59 Å². The van der Waals surface area contributed by atoms with E-state index in [1.54, 1.807) is 0 Å². The predicted molar refractivity (Wildman–Crippen MR) is 170 cm³/mol. The molecular formula is C35H46N4O2. The molecule has 0 saturated heterocycles. The lowest BCUT2D eigenvalue weighted by Crippen LogP contribution is -2.16. The number of H-pyrrole nitrogens is 2. The first-order chi connectivity index (χ1) is 19.8. The monoisotopic (exact) mass is 554 g/mol. The maximum Gasteiger partial charge on any atom is 0.273 e. The Hall–Kier alpha value is -3.67. The van der Waals surface area contributed by atoms with Crippen molar-refractivity contribution in [2.45, 2.75) is 107 Å². The molecule has 0 spiro atoms. The first-order valence-electron chi connectivity index (χ1n) is 15.6. The molecule has 0 fully saturated rings. The molecule has 6 heteroatoms. The molecule has 3 N–H and O–H groups in total. The Morgan fingerprint density at radius 3 is 1.56 bits per heavy atom. The van der Waals surface area contributed by atoms with Gasteiger partial charge < -0.3 is 15.3 Å². The smallest absolute Gasteiger partial charge is 0.273 e. The van der Waals surface area contributed by atoms with Crippen molar-refractivity contribution in [1.29, 1.82) is 0 Å². The normalized spacial score (nSPS) is 17.7. The topological polar surface area (TPSA) is 90.1 Å². The van der Waals surface area contributed by atoms with Crippen LogP contribution < -0.4 is 16.0 Å². The van der Waals surface area contributed by atoms with Crippen LogP contribution in [0.4, 0.5) is 0 Å². The van der Waals surface area contributed by atoms with Gasteiger partial charge >= 0.3 is 0 Å². The average Bonchev–Trinajstić information content (AvgIpc) is 3.67. The summed E-state index contributed by atoms with van der Waals surface area (Å²) in [6, 6.07) is 0. The van der Waals surface area contributed by atoms with Crippen molar-refractivity contribution in [3.8, 4) is 0 Å². The van der Waals surface area contributed by atoms with Gasteiger partial charge in [-0.15, -0.1) is 0 Å². The molecule has 2 aliphatic heterocycles. The SMILES string of the molecule is CCC1=C(CC)C(/C=c2\[nH]/c(=C\c3[nH]c(/C=C4\NC(=O)C(CC)=C4CC)c(CC)c3CC)c(CC)c2CC)=NC1=O. The van der Waals surface area contributed by atoms with Gasteiger partial charge in [-0.1, -0.05) is 55.4 Å². The molecule has 2 amide bonds. The van der Waals surface area contributed by atoms with E-state index in [4.69, 9.17) is 0 Å². The lowest BCUT2D eigenvalue weighted by atomic mass is 10.00. The largest absolute Gasteiger partial charge is 0.355 e. The highest BCUT2D eigenvalue weighted by atomic mass is 16.2. The van der Waals surface area contributed by atoms with E-state index in [0.29, 0.717) is 6.42 Å². The van der Waals surface area contributed by atoms with Crippen LogP contribution in [0, 0.1) is 0 Å². The minimum atomic E-state index is -0.0963. The van der Waals surface area contributed by atoms with Gasteiger partial charge in [0.25, 0.3) is 11.8 Å². The van der Waals surface area contributed by atoms with Crippen LogP contribution in [0.5, 0.6) is 0 Å². The molecule has 0 radical (unpaired) electrons. The lowest BCUT2D eigenvalue weighted by molar-refractivity contribution is -0.116. The minimum Gasteiger partial charge on any atom is -0.355 e. The molecule has 41 heavy (non-hydrogen) atoms. The summed E-state index contributed by atoms with van der Waals surface area (Å²) in [4.78, 5) is 36.9. The van der Waals surface area contributed by atoms with E-state index >= 15 is 0 Å². The van der Waals surface area contributed by atoms with Crippen LogP contribution in [0.3, 0.4) is 0 Å². The second-order valence-electron chi connectivity index (χ2n) is 10.7. The van der Waals surface area contributed by atoms with E-state index in [2.05, 4.69) is 80.0 Å². The molecule has 0 aliphatic carbocycles. The van der Waals surface area contributed by atoms with Crippen molar-refractivity contribution in [3.05, 3.63) is 72.3 Å². The zero-order chi connectivity index (χ0) is 29.8. The number of aromatic nitrogens is 2. The molecular weight excluding hydrogens is 508 g/mol. The molecule has 0 bridgehead atoms. The summed E-state index contributed by atoms with van der Waals surface area (Å²) in [7, 11) is 0. The van der Waals surface area contributed by atoms with Crippen LogP contribution in [0.1, 0.15) is 115 Å². The fraction of sp³-hybridized carbons (Fsp3) is 0.457. The molecule has 0 saturated carbocycles. The van der Waals surface area contributed by atoms with Gasteiger partial charge in [-0.3, -0.25) is 9.59 Å². The number of allylic oxidation sites excluding steroid dienone is 2. The zero-order valence-electron chi connectivity index (χ0n) is 26.2. The van der Waals surface area contributed by atoms with Gasteiger partial charge in [0.05, 0.1) is 5.71 Å². The van der Waals surface area contributed by atoms with Crippen molar-refractivity contribution in [2.75, 3.05) is 0 Å². The van der Waals surface area contributed by atoms with E-state index in [1.165, 1.54) is 22.3 Å². The Morgan fingerprint density at radius 2 is 1.05 bits per heavy atom. The van der Waals surface area contributed by atoms with Crippen LogP contribution in [0.15, 0.2) is 33.0 Å². The van der Waals surface area contributed by atoms with Crippen LogP contribution >= 0.6 is 0 Å². The van der Waals surface area contributed by atoms with Gasteiger partial charge in [0.15, 0.2) is 0 Å². The Balaban J connectivity index is 1.89. The Labute approximate surface area is 244 Å². The highest BCUT2D eigenvalue weighted by molar-refractivity contribution is 6.31. The number of carbonyl (C=O) groups is 2. The van der Waals surface area contributed by atoms with Gasteiger partial charge in [-0.25, -0.2) is 4.99 Å². The number of hydrogen-bond donors (Lipinski definition) is 3. The highest BCUT2D eigenvalue weighted by Gasteiger charge is 2.26. The predicted octanol–water partition coefficient (Wildman–Crippen LogP) is 5.89. The molecule has 0 unspecified atom stereocenters. The van der Waals surface area contributed by atoms with Gasteiger partial charge in [0, 0.05) is 38.9 Å². The third kappa shape index (κ3) is 5.49. The van der Waals surface area contributed by atoms with Crippen LogP contribution in [0.2, 0.25) is 0 Å². The number of aromatic amines is 2. The first kappa shape index (κ1) is 30.3. The summed E-state index contributed by atoms with van der Waals surface area (Å²) in [5, 5.41) is 5.23. The second kappa shape index (κ2) is 12.9. The lowest BCUT2D eigenvalue weighted by Gasteiger charge is -2.05. The van der Waals surface area contributed by atoms with Crippen molar-refractivity contribution in [3.63, 3.8) is 0 Å². The standard InChI is InChI=1S/C35H46N4O2/c1-9-20-22(11-3)30(18-32-24(13-5)26(15-7)34(40)38-32)36-28(20)17-29-21(10-2)23(12-4)31(37-29)19-33-25(14-6)27(16-8)35(41)39-33/h17-19,36-37H,9-16H2,1-8H3,(H,38,40)/b29-17-,31-19-,32-18-. The molecule has 2 aliphatic rings. The van der Waals surface area contributed by atoms with E-state index < -0.39 is 0 Å². The summed E-state index contributed by atoms with van der Waals surface area (Å²) in [6.07, 6.45) is 13.1. The number of carbonyl (C=O) groups excluding carboxylic acids is 2. The Bertz CT molecular complexity index is 1620. The molecule has 218 valence electrons. The number of rotatable bonds is 11. The number of hydrogen-bond acceptors (Lipinski definition) is 2. The third-order valence-corrected chi connectivity index (χ3v) is 8.62. The van der Waals surface area contributed by atoms with Gasteiger partial charge in [-0.05, 0) is 103 Å². The van der Waals surface area contributed by atoms with E-state index in [-0.39, 0.29) is 11.8 Å². The summed E-state index contributed by atoms with van der Waals surface area (Å²) in [5.74, 6) is -0.0701. The average molecular weight is 555 g/mol. The first-order valence-corrected chi connectivity index (χ1v) is 15.6. The van der Waals surface area contributed by atoms with Crippen molar-refractivity contribution in [2.24, 2.45) is 4.99 Å². The molecule has 4 heterocycles. The summed E-state index contributed by atoms with van der Waals surface area (Å²) < 4.78 is 0. The van der Waals surface area contributed by atoms with Crippen molar-refractivity contribution in [1.82, 2.24) is 15.3 Å². The third-order valence-electron chi connectivity index (χ3n) is 8.62. The van der Waals surface area contributed by atoms with Gasteiger partial charge in [-0.2, -0.15) is 0 Å².